The van der Waals surface area contributed by atoms with Gasteiger partial charge < -0.3 is 14.7 Å². The van der Waals surface area contributed by atoms with E-state index in [1.807, 2.05) is 38.1 Å². The fraction of sp³-hybridized carbons (Fsp3) is 0.526. The summed E-state index contributed by atoms with van der Waals surface area (Å²) in [5.41, 5.74) is 3.18. The fourth-order valence-corrected chi connectivity index (χ4v) is 3.40. The molecule has 1 aliphatic heterocycles. The van der Waals surface area contributed by atoms with Gasteiger partial charge in [0.2, 0.25) is 11.8 Å². The van der Waals surface area contributed by atoms with Crippen LogP contribution < -0.4 is 10.2 Å². The minimum atomic E-state index is -0.00625. The van der Waals surface area contributed by atoms with Crippen LogP contribution in [0.25, 0.3) is 0 Å². The molecule has 2 heterocycles. The third kappa shape index (κ3) is 3.88. The molecule has 0 aliphatic carbocycles. The summed E-state index contributed by atoms with van der Waals surface area (Å²) in [7, 11) is 3.75. The molecule has 0 radical (unpaired) electrons. The van der Waals surface area contributed by atoms with Crippen molar-refractivity contribution in [2.75, 3.05) is 37.4 Å². The highest BCUT2D eigenvalue weighted by Crippen LogP contribution is 2.31. The van der Waals surface area contributed by atoms with E-state index in [4.69, 9.17) is 4.52 Å². The van der Waals surface area contributed by atoms with E-state index >= 15 is 0 Å². The summed E-state index contributed by atoms with van der Waals surface area (Å²) in [6.45, 7) is 5.29. The van der Waals surface area contributed by atoms with E-state index < -0.39 is 0 Å². The Bertz CT molecular complexity index is 771. The number of anilines is 2. The van der Waals surface area contributed by atoms with Gasteiger partial charge in [0.25, 0.3) is 5.95 Å². The number of benzene rings is 1. The predicted octanol–water partition coefficient (Wildman–Crippen LogP) is 2.78. The van der Waals surface area contributed by atoms with Gasteiger partial charge in [-0.25, -0.2) is 0 Å². The number of hydrogen-bond donors (Lipinski definition) is 1. The van der Waals surface area contributed by atoms with Crippen molar-refractivity contribution in [1.82, 2.24) is 15.0 Å². The first-order valence-electron chi connectivity index (χ1n) is 9.13. The maximum atomic E-state index is 12.7. The number of amides is 1. The van der Waals surface area contributed by atoms with Crippen LogP contribution in [0, 0.1) is 6.92 Å². The highest BCUT2D eigenvalue weighted by molar-refractivity contribution is 5.93. The molecule has 3 rings (SSSR count). The number of hydrogen-bond acceptors (Lipinski definition) is 6. The summed E-state index contributed by atoms with van der Waals surface area (Å²) in [6.07, 6.45) is 2.83. The highest BCUT2D eigenvalue weighted by atomic mass is 16.5. The third-order valence-corrected chi connectivity index (χ3v) is 4.83. The van der Waals surface area contributed by atoms with E-state index in [9.17, 15) is 4.79 Å². The number of aryl methyl sites for hydroxylation is 2. The van der Waals surface area contributed by atoms with Crippen molar-refractivity contribution in [2.45, 2.75) is 39.2 Å². The molecule has 0 spiro atoms. The zero-order valence-electron chi connectivity index (χ0n) is 16.0. The molecule has 1 fully saturated rings. The molecule has 0 bridgehead atoms. The zero-order valence-corrected chi connectivity index (χ0v) is 16.0. The molecule has 2 aromatic rings. The van der Waals surface area contributed by atoms with Gasteiger partial charge >= 0.3 is 0 Å². The zero-order chi connectivity index (χ0) is 18.7. The Hall–Kier alpha value is -2.41. The van der Waals surface area contributed by atoms with Crippen LogP contribution in [0.2, 0.25) is 0 Å². The van der Waals surface area contributed by atoms with E-state index in [1.165, 1.54) is 0 Å². The average molecular weight is 357 g/mol. The molecule has 1 aliphatic rings. The van der Waals surface area contributed by atoms with Gasteiger partial charge in [0, 0.05) is 19.8 Å². The molecule has 7 heteroatoms. The van der Waals surface area contributed by atoms with Gasteiger partial charge in [0.05, 0.1) is 12.6 Å². The van der Waals surface area contributed by atoms with Gasteiger partial charge in [0.15, 0.2) is 0 Å². The van der Waals surface area contributed by atoms with Crippen molar-refractivity contribution >= 4 is 17.5 Å². The molecule has 26 heavy (non-hydrogen) atoms. The van der Waals surface area contributed by atoms with Crippen LogP contribution in [-0.2, 0) is 11.2 Å². The van der Waals surface area contributed by atoms with Crippen molar-refractivity contribution in [1.29, 1.82) is 0 Å². The van der Waals surface area contributed by atoms with Crippen molar-refractivity contribution in [2.24, 2.45) is 0 Å². The van der Waals surface area contributed by atoms with E-state index in [0.29, 0.717) is 18.4 Å². The molecule has 1 aromatic heterocycles. The summed E-state index contributed by atoms with van der Waals surface area (Å²) in [5.74, 6) is 1.14. The first-order valence-corrected chi connectivity index (χ1v) is 9.13. The quantitative estimate of drug-likeness (QED) is 0.857. The van der Waals surface area contributed by atoms with Crippen LogP contribution in [0.5, 0.6) is 0 Å². The summed E-state index contributed by atoms with van der Waals surface area (Å²) in [6, 6.07) is 6.11. The van der Waals surface area contributed by atoms with Crippen LogP contribution in [0.1, 0.15) is 42.8 Å². The maximum Gasteiger partial charge on any atom is 0.265 e. The molecule has 1 saturated heterocycles. The number of rotatable bonds is 6. The lowest BCUT2D eigenvalue weighted by molar-refractivity contribution is -0.117. The van der Waals surface area contributed by atoms with E-state index in [2.05, 4.69) is 33.3 Å². The van der Waals surface area contributed by atoms with E-state index in [0.717, 1.165) is 42.6 Å². The van der Waals surface area contributed by atoms with Crippen molar-refractivity contribution < 1.29 is 9.32 Å². The second-order valence-electron chi connectivity index (χ2n) is 6.97. The van der Waals surface area contributed by atoms with Crippen molar-refractivity contribution in [3.63, 3.8) is 0 Å². The first kappa shape index (κ1) is 18.4. The van der Waals surface area contributed by atoms with Crippen LogP contribution >= 0.6 is 0 Å². The fourth-order valence-electron chi connectivity index (χ4n) is 3.40. The Morgan fingerprint density at radius 3 is 2.92 bits per heavy atom. The van der Waals surface area contributed by atoms with Crippen molar-refractivity contribution in [3.05, 3.63) is 35.2 Å². The van der Waals surface area contributed by atoms with Crippen LogP contribution in [0.15, 0.2) is 22.7 Å². The Labute approximate surface area is 154 Å². The largest absolute Gasteiger partial charge is 0.344 e. The van der Waals surface area contributed by atoms with Gasteiger partial charge in [-0.2, -0.15) is 4.98 Å². The number of nitrogens with one attached hydrogen (secondary N) is 1. The Morgan fingerprint density at radius 2 is 2.23 bits per heavy atom. The molecular weight excluding hydrogens is 330 g/mol. The van der Waals surface area contributed by atoms with Gasteiger partial charge in [0.1, 0.15) is 0 Å². The van der Waals surface area contributed by atoms with Crippen molar-refractivity contribution in [3.8, 4) is 0 Å². The summed E-state index contributed by atoms with van der Waals surface area (Å²) in [5, 5.41) is 7.09. The Balaban J connectivity index is 1.68. The maximum absolute atomic E-state index is 12.7. The Morgan fingerprint density at radius 1 is 1.42 bits per heavy atom. The summed E-state index contributed by atoms with van der Waals surface area (Å²) >= 11 is 0. The summed E-state index contributed by atoms with van der Waals surface area (Å²) < 4.78 is 5.42. The topological polar surface area (TPSA) is 74.5 Å². The van der Waals surface area contributed by atoms with E-state index in [-0.39, 0.29) is 11.9 Å². The first-order chi connectivity index (χ1) is 12.5. The molecule has 0 unspecified atom stereocenters. The molecule has 0 saturated carbocycles. The molecular formula is C19H27N5O2. The molecule has 7 nitrogen and oxygen atoms in total. The van der Waals surface area contributed by atoms with Gasteiger partial charge in [-0.3, -0.25) is 9.69 Å². The molecule has 1 amide bonds. The van der Waals surface area contributed by atoms with Crippen LogP contribution in [0.3, 0.4) is 0 Å². The number of carbonyl (C=O) groups is 1. The average Bonchev–Trinajstić information content (AvgIpc) is 3.25. The van der Waals surface area contributed by atoms with E-state index in [1.54, 1.807) is 0 Å². The number of likely N-dealkylation sites (tertiary alicyclic amines) is 1. The second kappa shape index (κ2) is 7.86. The lowest BCUT2D eigenvalue weighted by Crippen LogP contribution is -2.33. The predicted molar refractivity (Wildman–Crippen MR) is 101 cm³/mol. The monoisotopic (exact) mass is 357 g/mol. The third-order valence-electron chi connectivity index (χ3n) is 4.83. The van der Waals surface area contributed by atoms with Crippen LogP contribution in [0.4, 0.5) is 11.6 Å². The molecule has 1 aromatic carbocycles. The lowest BCUT2D eigenvalue weighted by Gasteiger charge is -2.21. The minimum Gasteiger partial charge on any atom is -0.344 e. The smallest absolute Gasteiger partial charge is 0.265 e. The lowest BCUT2D eigenvalue weighted by atomic mass is 10.1. The van der Waals surface area contributed by atoms with Gasteiger partial charge in [-0.05, 0) is 49.0 Å². The minimum absolute atomic E-state index is 0.00414. The number of para-hydroxylation sites is 1. The second-order valence-corrected chi connectivity index (χ2v) is 6.97. The highest BCUT2D eigenvalue weighted by Gasteiger charge is 2.32. The number of aromatic nitrogens is 2. The Kier molecular flexibility index (Phi) is 5.56. The SMILES string of the molecule is CCc1cccc(C)c1NC(=O)CN1CCC[C@H]1c1nc(N(C)C)no1. The van der Waals surface area contributed by atoms with Gasteiger partial charge in [-0.15, -0.1) is 0 Å². The standard InChI is InChI=1S/C19H27N5O2/c1-5-14-9-6-8-13(2)17(14)20-16(25)12-24-11-7-10-15(24)18-21-19(22-26-18)23(3)4/h6,8-9,15H,5,7,10-12H2,1-4H3,(H,20,25)/t15-/m0/s1. The summed E-state index contributed by atoms with van der Waals surface area (Å²) in [4.78, 5) is 21.0. The van der Waals surface area contributed by atoms with Crippen LogP contribution in [-0.4, -0.2) is 48.1 Å². The normalized spacial score (nSPS) is 17.5. The molecule has 140 valence electrons. The number of carbonyl (C=O) groups excluding carboxylic acids is 1. The molecule has 1 N–H and O–H groups in total. The molecule has 1 atom stereocenters. The van der Waals surface area contributed by atoms with Gasteiger partial charge in [-0.1, -0.05) is 25.1 Å². The number of nitrogens with zero attached hydrogens (tertiary/aromatic N) is 4.